The van der Waals surface area contributed by atoms with Crippen LogP contribution in [0.5, 0.6) is 0 Å². The maximum atomic E-state index is 11.3. The van der Waals surface area contributed by atoms with Crippen molar-refractivity contribution in [3.63, 3.8) is 0 Å². The zero-order valence-electron chi connectivity index (χ0n) is 10.1. The van der Waals surface area contributed by atoms with Gasteiger partial charge < -0.3 is 4.74 Å². The van der Waals surface area contributed by atoms with Gasteiger partial charge in [0.1, 0.15) is 5.60 Å². The van der Waals surface area contributed by atoms with Crippen LogP contribution in [0.3, 0.4) is 0 Å². The Morgan fingerprint density at radius 3 is 2.29 bits per heavy atom. The van der Waals surface area contributed by atoms with Crippen molar-refractivity contribution in [1.29, 1.82) is 0 Å². The standard InChI is InChI=1S/C12H24O2/c1-5-7-8-10-12(3,4)14-11(13)9-6-2/h5-10H2,1-4H3. The Labute approximate surface area is 88.0 Å². The topological polar surface area (TPSA) is 26.3 Å². The molecule has 84 valence electrons. The number of hydrogen-bond acceptors (Lipinski definition) is 2. The molecule has 0 N–H and O–H groups in total. The second kappa shape index (κ2) is 6.86. The zero-order valence-corrected chi connectivity index (χ0v) is 10.1. The summed E-state index contributed by atoms with van der Waals surface area (Å²) in [6, 6.07) is 0. The summed E-state index contributed by atoms with van der Waals surface area (Å²) in [5, 5.41) is 0. The molecule has 0 aliphatic rings. The Morgan fingerprint density at radius 1 is 1.14 bits per heavy atom. The monoisotopic (exact) mass is 200 g/mol. The van der Waals surface area contributed by atoms with Crippen LogP contribution < -0.4 is 0 Å². The molecule has 14 heavy (non-hydrogen) atoms. The predicted octanol–water partition coefficient (Wildman–Crippen LogP) is 3.69. The van der Waals surface area contributed by atoms with Crippen LogP contribution in [-0.2, 0) is 9.53 Å². The molecule has 0 saturated carbocycles. The number of carbonyl (C=O) groups is 1. The molecule has 0 aromatic heterocycles. The van der Waals surface area contributed by atoms with Crippen LogP contribution in [0.15, 0.2) is 0 Å². The Bertz CT molecular complexity index is 162. The molecule has 0 fully saturated rings. The van der Waals surface area contributed by atoms with E-state index in [4.69, 9.17) is 4.74 Å². The third-order valence-electron chi connectivity index (χ3n) is 2.23. The first kappa shape index (κ1) is 13.5. The van der Waals surface area contributed by atoms with Crippen molar-refractivity contribution < 1.29 is 9.53 Å². The Hall–Kier alpha value is -0.530. The van der Waals surface area contributed by atoms with Crippen molar-refractivity contribution in [2.24, 2.45) is 0 Å². The Balaban J connectivity index is 3.75. The number of carbonyl (C=O) groups excluding carboxylic acids is 1. The molecular weight excluding hydrogens is 176 g/mol. The molecule has 0 amide bonds. The van der Waals surface area contributed by atoms with Crippen LogP contribution in [0.2, 0.25) is 0 Å². The van der Waals surface area contributed by atoms with Crippen molar-refractivity contribution in [2.45, 2.75) is 71.8 Å². The molecule has 0 aliphatic carbocycles. The lowest BCUT2D eigenvalue weighted by molar-refractivity contribution is -0.157. The van der Waals surface area contributed by atoms with Crippen LogP contribution in [0.4, 0.5) is 0 Å². The number of rotatable bonds is 7. The fraction of sp³-hybridized carbons (Fsp3) is 0.917. The lowest BCUT2D eigenvalue weighted by Crippen LogP contribution is -2.27. The van der Waals surface area contributed by atoms with E-state index in [9.17, 15) is 4.79 Å². The second-order valence-corrected chi connectivity index (χ2v) is 4.44. The molecular formula is C12H24O2. The molecule has 2 nitrogen and oxygen atoms in total. The third-order valence-corrected chi connectivity index (χ3v) is 2.23. The molecule has 0 bridgehead atoms. The van der Waals surface area contributed by atoms with Crippen molar-refractivity contribution in [2.75, 3.05) is 0 Å². The summed E-state index contributed by atoms with van der Waals surface area (Å²) in [5.41, 5.74) is -0.276. The molecule has 0 aromatic carbocycles. The van der Waals surface area contributed by atoms with Gasteiger partial charge in [0.05, 0.1) is 0 Å². The summed E-state index contributed by atoms with van der Waals surface area (Å²) in [6.07, 6.45) is 5.94. The summed E-state index contributed by atoms with van der Waals surface area (Å²) >= 11 is 0. The SMILES string of the molecule is CCCCCC(C)(C)OC(=O)CCC. The molecule has 2 heteroatoms. The molecule has 0 radical (unpaired) electrons. The fourth-order valence-corrected chi connectivity index (χ4v) is 1.42. The van der Waals surface area contributed by atoms with E-state index in [-0.39, 0.29) is 11.6 Å². The highest BCUT2D eigenvalue weighted by Gasteiger charge is 2.21. The zero-order chi connectivity index (χ0) is 11.0. The minimum atomic E-state index is -0.276. The van der Waals surface area contributed by atoms with Gasteiger partial charge in [0.25, 0.3) is 0 Å². The first-order valence-electron chi connectivity index (χ1n) is 5.73. The van der Waals surface area contributed by atoms with Gasteiger partial charge in [0.15, 0.2) is 0 Å². The average molecular weight is 200 g/mol. The van der Waals surface area contributed by atoms with E-state index in [0.29, 0.717) is 6.42 Å². The van der Waals surface area contributed by atoms with Gasteiger partial charge in [-0.2, -0.15) is 0 Å². The van der Waals surface area contributed by atoms with Crippen molar-refractivity contribution in [3.8, 4) is 0 Å². The Kier molecular flexibility index (Phi) is 6.60. The molecule has 0 saturated heterocycles. The molecule has 0 rings (SSSR count). The first-order valence-corrected chi connectivity index (χ1v) is 5.73. The van der Waals surface area contributed by atoms with E-state index < -0.39 is 0 Å². The largest absolute Gasteiger partial charge is 0.460 e. The molecule has 0 aliphatic heterocycles. The van der Waals surface area contributed by atoms with Crippen molar-refractivity contribution in [1.82, 2.24) is 0 Å². The maximum Gasteiger partial charge on any atom is 0.306 e. The predicted molar refractivity (Wildman–Crippen MR) is 59.2 cm³/mol. The number of unbranched alkanes of at least 4 members (excludes halogenated alkanes) is 2. The number of ether oxygens (including phenoxy) is 1. The molecule has 0 heterocycles. The van der Waals surface area contributed by atoms with Gasteiger partial charge >= 0.3 is 5.97 Å². The normalized spacial score (nSPS) is 11.4. The second-order valence-electron chi connectivity index (χ2n) is 4.44. The van der Waals surface area contributed by atoms with E-state index in [1.54, 1.807) is 0 Å². The van der Waals surface area contributed by atoms with E-state index >= 15 is 0 Å². The van der Waals surface area contributed by atoms with Crippen LogP contribution in [0, 0.1) is 0 Å². The molecule has 0 unspecified atom stereocenters. The van der Waals surface area contributed by atoms with Gasteiger partial charge in [-0.25, -0.2) is 0 Å². The first-order chi connectivity index (χ1) is 6.52. The van der Waals surface area contributed by atoms with Gasteiger partial charge in [0.2, 0.25) is 0 Å². The fourth-order valence-electron chi connectivity index (χ4n) is 1.42. The van der Waals surface area contributed by atoms with E-state index in [2.05, 4.69) is 6.92 Å². The van der Waals surface area contributed by atoms with Gasteiger partial charge in [-0.15, -0.1) is 0 Å². The number of esters is 1. The van der Waals surface area contributed by atoms with Crippen LogP contribution in [0.25, 0.3) is 0 Å². The minimum absolute atomic E-state index is 0.0611. The highest BCUT2D eigenvalue weighted by atomic mass is 16.6. The van der Waals surface area contributed by atoms with Crippen molar-refractivity contribution >= 4 is 5.97 Å². The van der Waals surface area contributed by atoms with Gasteiger partial charge in [0, 0.05) is 6.42 Å². The van der Waals surface area contributed by atoms with Crippen LogP contribution in [0.1, 0.15) is 66.2 Å². The van der Waals surface area contributed by atoms with Crippen molar-refractivity contribution in [3.05, 3.63) is 0 Å². The Morgan fingerprint density at radius 2 is 1.79 bits per heavy atom. The van der Waals surface area contributed by atoms with E-state index in [1.807, 2.05) is 20.8 Å². The number of hydrogen-bond donors (Lipinski definition) is 0. The molecule has 0 spiro atoms. The molecule has 0 atom stereocenters. The summed E-state index contributed by atoms with van der Waals surface area (Å²) in [6.45, 7) is 8.16. The van der Waals surface area contributed by atoms with Crippen LogP contribution >= 0.6 is 0 Å². The highest BCUT2D eigenvalue weighted by molar-refractivity contribution is 5.69. The quantitative estimate of drug-likeness (QED) is 0.463. The summed E-state index contributed by atoms with van der Waals surface area (Å²) in [4.78, 5) is 11.3. The van der Waals surface area contributed by atoms with Crippen LogP contribution in [-0.4, -0.2) is 11.6 Å². The maximum absolute atomic E-state index is 11.3. The van der Waals surface area contributed by atoms with Gasteiger partial charge in [-0.05, 0) is 33.1 Å². The van der Waals surface area contributed by atoms with E-state index in [0.717, 1.165) is 19.3 Å². The van der Waals surface area contributed by atoms with E-state index in [1.165, 1.54) is 12.8 Å². The van der Waals surface area contributed by atoms with Gasteiger partial charge in [-0.1, -0.05) is 26.7 Å². The average Bonchev–Trinajstić information content (AvgIpc) is 2.03. The summed E-state index contributed by atoms with van der Waals surface area (Å²) in [7, 11) is 0. The highest BCUT2D eigenvalue weighted by Crippen LogP contribution is 2.19. The minimum Gasteiger partial charge on any atom is -0.460 e. The molecule has 0 aromatic rings. The van der Waals surface area contributed by atoms with Gasteiger partial charge in [-0.3, -0.25) is 4.79 Å². The summed E-state index contributed by atoms with van der Waals surface area (Å²) < 4.78 is 5.39. The summed E-state index contributed by atoms with van der Waals surface area (Å²) in [5.74, 6) is -0.0611. The lowest BCUT2D eigenvalue weighted by atomic mass is 10.0. The smallest absolute Gasteiger partial charge is 0.306 e. The lowest BCUT2D eigenvalue weighted by Gasteiger charge is -2.25. The third kappa shape index (κ3) is 6.93.